The Labute approximate surface area is 79.7 Å². The molecule has 76 valence electrons. The van der Waals surface area contributed by atoms with Crippen LogP contribution in [0.4, 0.5) is 0 Å². The number of fused-ring (bicyclic) bond motifs is 1. The Morgan fingerprint density at radius 3 is 2.62 bits per heavy atom. The number of piperidine rings is 1. The molecule has 1 saturated carbocycles. The highest BCUT2D eigenvalue weighted by Crippen LogP contribution is 2.54. The van der Waals surface area contributed by atoms with Gasteiger partial charge in [-0.05, 0) is 17.8 Å². The first kappa shape index (κ1) is 10.5. The average Bonchev–Trinajstić information content (AvgIpc) is 2.69. The van der Waals surface area contributed by atoms with E-state index in [-0.39, 0.29) is 12.6 Å². The Kier molecular flexibility index (Phi) is 3.31. The fourth-order valence-electron chi connectivity index (χ4n) is 2.45. The summed E-state index contributed by atoms with van der Waals surface area (Å²) in [5.41, 5.74) is 0. The minimum atomic E-state index is 0.118. The Bertz CT molecular complexity index is 184. The highest BCUT2D eigenvalue weighted by atomic mass is 16.3. The summed E-state index contributed by atoms with van der Waals surface area (Å²) in [4.78, 5) is 12.2. The number of likely N-dealkylation sites (tertiary alicyclic amines) is 1. The Morgan fingerprint density at radius 2 is 2.15 bits per heavy atom. The normalized spacial score (nSPS) is 40.5. The van der Waals surface area contributed by atoms with Crippen molar-refractivity contribution in [3.63, 3.8) is 0 Å². The molecule has 0 aromatic carbocycles. The lowest BCUT2D eigenvalue weighted by molar-refractivity contribution is -0.120. The number of nitrogens with zero attached hydrogens (tertiary/aromatic N) is 1. The third-order valence-electron chi connectivity index (χ3n) is 3.25. The zero-order chi connectivity index (χ0) is 10.0. The zero-order valence-corrected chi connectivity index (χ0v) is 8.60. The monoisotopic (exact) mass is 185 g/mol. The number of amides is 1. The third-order valence-corrected chi connectivity index (χ3v) is 3.25. The summed E-state index contributed by atoms with van der Waals surface area (Å²) in [5.74, 6) is 1.99. The van der Waals surface area contributed by atoms with E-state index in [0.29, 0.717) is 11.8 Å². The van der Waals surface area contributed by atoms with E-state index in [1.807, 2.05) is 13.8 Å². The van der Waals surface area contributed by atoms with Gasteiger partial charge >= 0.3 is 0 Å². The standard InChI is InChI=1S/C8H13NO2.C2H6/c1-5-6-2-9(4-11)7(3-10)8(5)6;1-2/h4-8,10H,2-3H2,1H3;1-2H3. The first-order valence-electron chi connectivity index (χ1n) is 5.11. The maximum absolute atomic E-state index is 10.5. The number of hydrogen-bond donors (Lipinski definition) is 1. The molecule has 1 N–H and O–H groups in total. The van der Waals surface area contributed by atoms with Crippen molar-refractivity contribution in [2.75, 3.05) is 13.2 Å². The largest absolute Gasteiger partial charge is 0.394 e. The van der Waals surface area contributed by atoms with Gasteiger partial charge in [-0.1, -0.05) is 20.8 Å². The Balaban J connectivity index is 0.000000396. The van der Waals surface area contributed by atoms with Crippen molar-refractivity contribution in [3.8, 4) is 0 Å². The minimum absolute atomic E-state index is 0.118. The predicted molar refractivity (Wildman–Crippen MR) is 51.1 cm³/mol. The lowest BCUT2D eigenvalue weighted by Gasteiger charge is -2.21. The van der Waals surface area contributed by atoms with E-state index in [1.54, 1.807) is 4.90 Å². The van der Waals surface area contributed by atoms with Crippen molar-refractivity contribution in [1.29, 1.82) is 0 Å². The average molecular weight is 185 g/mol. The molecule has 2 fully saturated rings. The minimum Gasteiger partial charge on any atom is -0.394 e. The van der Waals surface area contributed by atoms with Gasteiger partial charge in [0.2, 0.25) is 6.41 Å². The smallest absolute Gasteiger partial charge is 0.210 e. The zero-order valence-electron chi connectivity index (χ0n) is 8.60. The number of carbonyl (C=O) groups is 1. The number of carbonyl (C=O) groups excluding carboxylic acids is 1. The van der Waals surface area contributed by atoms with Crippen LogP contribution < -0.4 is 0 Å². The predicted octanol–water partition coefficient (Wildman–Crippen LogP) is 0.728. The maximum atomic E-state index is 10.5. The molecule has 0 spiro atoms. The van der Waals surface area contributed by atoms with Crippen molar-refractivity contribution in [2.24, 2.45) is 17.8 Å². The molecular weight excluding hydrogens is 166 g/mol. The van der Waals surface area contributed by atoms with Gasteiger partial charge in [-0.15, -0.1) is 0 Å². The van der Waals surface area contributed by atoms with Gasteiger partial charge in [0.05, 0.1) is 12.6 Å². The molecule has 1 aliphatic carbocycles. The van der Waals surface area contributed by atoms with Crippen LogP contribution in [0.1, 0.15) is 20.8 Å². The van der Waals surface area contributed by atoms with Crippen molar-refractivity contribution < 1.29 is 9.90 Å². The van der Waals surface area contributed by atoms with Gasteiger partial charge in [-0.2, -0.15) is 0 Å². The van der Waals surface area contributed by atoms with E-state index in [9.17, 15) is 4.79 Å². The van der Waals surface area contributed by atoms with Crippen LogP contribution in [0.3, 0.4) is 0 Å². The maximum Gasteiger partial charge on any atom is 0.210 e. The van der Waals surface area contributed by atoms with Crippen LogP contribution >= 0.6 is 0 Å². The van der Waals surface area contributed by atoms with Crippen molar-refractivity contribution in [1.82, 2.24) is 4.90 Å². The Hall–Kier alpha value is -0.570. The second-order valence-electron chi connectivity index (χ2n) is 3.65. The summed E-state index contributed by atoms with van der Waals surface area (Å²) in [5, 5.41) is 8.98. The lowest BCUT2D eigenvalue weighted by atomic mass is 10.2. The van der Waals surface area contributed by atoms with Crippen molar-refractivity contribution >= 4 is 6.41 Å². The van der Waals surface area contributed by atoms with Crippen LogP contribution in [-0.2, 0) is 4.79 Å². The highest BCUT2D eigenvalue weighted by Gasteiger charge is 2.58. The van der Waals surface area contributed by atoms with Crippen molar-refractivity contribution in [3.05, 3.63) is 0 Å². The molecule has 3 heteroatoms. The molecule has 0 radical (unpaired) electrons. The van der Waals surface area contributed by atoms with Crippen LogP contribution in [-0.4, -0.2) is 35.6 Å². The Morgan fingerprint density at radius 1 is 1.54 bits per heavy atom. The molecule has 0 aromatic heterocycles. The highest BCUT2D eigenvalue weighted by molar-refractivity contribution is 5.50. The first-order valence-corrected chi connectivity index (χ1v) is 5.11. The molecule has 1 heterocycles. The van der Waals surface area contributed by atoms with Crippen LogP contribution in [0, 0.1) is 17.8 Å². The molecule has 13 heavy (non-hydrogen) atoms. The summed E-state index contributed by atoms with van der Waals surface area (Å²) in [6.07, 6.45) is 0.861. The van der Waals surface area contributed by atoms with E-state index in [0.717, 1.165) is 18.9 Å². The summed E-state index contributed by atoms with van der Waals surface area (Å²) < 4.78 is 0. The van der Waals surface area contributed by atoms with E-state index >= 15 is 0 Å². The first-order chi connectivity index (χ1) is 6.29. The number of rotatable bonds is 2. The quantitative estimate of drug-likeness (QED) is 0.644. The van der Waals surface area contributed by atoms with Crippen molar-refractivity contribution in [2.45, 2.75) is 26.8 Å². The molecule has 4 atom stereocenters. The number of aliphatic hydroxyl groups is 1. The summed E-state index contributed by atoms with van der Waals surface area (Å²) >= 11 is 0. The molecular formula is C10H19NO2. The molecule has 1 aliphatic heterocycles. The van der Waals surface area contributed by atoms with E-state index in [2.05, 4.69) is 6.92 Å². The molecule has 0 bridgehead atoms. The third kappa shape index (κ3) is 1.57. The second kappa shape index (κ2) is 4.09. The summed E-state index contributed by atoms with van der Waals surface area (Å²) in [6.45, 7) is 7.19. The fraction of sp³-hybridized carbons (Fsp3) is 0.900. The van der Waals surface area contributed by atoms with Gasteiger partial charge in [-0.25, -0.2) is 0 Å². The number of aliphatic hydroxyl groups excluding tert-OH is 1. The number of hydrogen-bond acceptors (Lipinski definition) is 2. The molecule has 2 rings (SSSR count). The molecule has 3 nitrogen and oxygen atoms in total. The van der Waals surface area contributed by atoms with E-state index in [1.165, 1.54) is 0 Å². The van der Waals surface area contributed by atoms with Gasteiger partial charge in [-0.3, -0.25) is 4.79 Å². The van der Waals surface area contributed by atoms with Crippen LogP contribution in [0.2, 0.25) is 0 Å². The SMILES string of the molecule is CC.CC1C2CN(C=O)C(CO)C12. The van der Waals surface area contributed by atoms with Gasteiger partial charge in [0.15, 0.2) is 0 Å². The molecule has 2 aliphatic rings. The molecule has 1 amide bonds. The lowest BCUT2D eigenvalue weighted by Crippen LogP contribution is -2.35. The van der Waals surface area contributed by atoms with E-state index in [4.69, 9.17) is 5.11 Å². The van der Waals surface area contributed by atoms with Gasteiger partial charge in [0.1, 0.15) is 0 Å². The molecule has 4 unspecified atom stereocenters. The van der Waals surface area contributed by atoms with Crippen LogP contribution in [0.25, 0.3) is 0 Å². The van der Waals surface area contributed by atoms with Gasteiger partial charge in [0, 0.05) is 6.54 Å². The second-order valence-corrected chi connectivity index (χ2v) is 3.65. The van der Waals surface area contributed by atoms with Crippen LogP contribution in [0.5, 0.6) is 0 Å². The topological polar surface area (TPSA) is 40.5 Å². The summed E-state index contributed by atoms with van der Waals surface area (Å²) in [6, 6.07) is 0.118. The van der Waals surface area contributed by atoms with Gasteiger partial charge < -0.3 is 10.0 Å². The van der Waals surface area contributed by atoms with Crippen LogP contribution in [0.15, 0.2) is 0 Å². The molecule has 1 saturated heterocycles. The summed E-state index contributed by atoms with van der Waals surface area (Å²) in [7, 11) is 0. The molecule has 0 aromatic rings. The van der Waals surface area contributed by atoms with Gasteiger partial charge in [0.25, 0.3) is 0 Å². The fourth-order valence-corrected chi connectivity index (χ4v) is 2.45. The van der Waals surface area contributed by atoms with E-state index < -0.39 is 0 Å².